The van der Waals surface area contributed by atoms with Crippen LogP contribution in [0.15, 0.2) is 0 Å². The number of phosphoric acid groups is 1. The first-order chi connectivity index (χ1) is 9.53. The van der Waals surface area contributed by atoms with E-state index in [9.17, 15) is 26.3 Å². The zero-order chi connectivity index (χ0) is 18.2. The summed E-state index contributed by atoms with van der Waals surface area (Å²) in [4.78, 5) is 21.6. The molecule has 0 aromatic rings. The third-order valence-electron chi connectivity index (χ3n) is 1.89. The average molecular weight is 365 g/mol. The molecule has 0 saturated carbocycles. The summed E-state index contributed by atoms with van der Waals surface area (Å²) < 4.78 is 86.0. The fourth-order valence-corrected chi connectivity index (χ4v) is 1.45. The van der Waals surface area contributed by atoms with E-state index in [2.05, 4.69) is 10.1 Å². The first-order valence-electron chi connectivity index (χ1n) is 5.70. The van der Waals surface area contributed by atoms with E-state index in [1.54, 1.807) is 0 Å². The lowest BCUT2D eigenvalue weighted by Gasteiger charge is -2.24. The van der Waals surface area contributed by atoms with Crippen LogP contribution in [-0.2, 0) is 9.30 Å². The van der Waals surface area contributed by atoms with E-state index in [4.69, 9.17) is 19.2 Å². The van der Waals surface area contributed by atoms with Gasteiger partial charge in [-0.05, 0) is 6.92 Å². The molecule has 0 heterocycles. The number of hydrogen-bond donors (Lipinski definition) is 4. The highest BCUT2D eigenvalue weighted by Crippen LogP contribution is 2.29. The normalized spacial score (nSPS) is 14.5. The lowest BCUT2D eigenvalue weighted by molar-refractivity contribution is -0.166. The van der Waals surface area contributed by atoms with Gasteiger partial charge in [-0.3, -0.25) is 0 Å². The Morgan fingerprint density at radius 2 is 1.36 bits per heavy atom. The zero-order valence-corrected chi connectivity index (χ0v) is 12.5. The summed E-state index contributed by atoms with van der Waals surface area (Å²) in [7, 11) is -3.32. The maximum atomic E-state index is 12.1. The van der Waals surface area contributed by atoms with Gasteiger partial charge >= 0.3 is 20.2 Å². The van der Waals surface area contributed by atoms with Crippen molar-refractivity contribution in [2.45, 2.75) is 44.2 Å². The molecule has 0 aliphatic heterocycles. The Morgan fingerprint density at radius 3 is 1.59 bits per heavy atom. The molecule has 1 unspecified atom stereocenters. The fraction of sp³-hybridized carbons (Fsp3) is 1.00. The van der Waals surface area contributed by atoms with Gasteiger partial charge in [0.1, 0.15) is 0 Å². The van der Waals surface area contributed by atoms with E-state index >= 15 is 0 Å². The number of halogens is 6. The molecule has 22 heavy (non-hydrogen) atoms. The first kappa shape index (κ1) is 23.9. The largest absolute Gasteiger partial charge is 0.466 e. The summed E-state index contributed by atoms with van der Waals surface area (Å²) >= 11 is 0. The zero-order valence-electron chi connectivity index (χ0n) is 11.6. The van der Waals surface area contributed by atoms with Gasteiger partial charge in [0.2, 0.25) is 0 Å². The van der Waals surface area contributed by atoms with Crippen LogP contribution in [0.1, 0.15) is 19.8 Å². The van der Waals surface area contributed by atoms with E-state index in [1.165, 1.54) is 14.0 Å². The summed E-state index contributed by atoms with van der Waals surface area (Å²) in [5.74, 6) is 0. The Bertz CT molecular complexity index is 320. The van der Waals surface area contributed by atoms with Gasteiger partial charge < -0.3 is 24.7 Å². The predicted octanol–water partition coefficient (Wildman–Crippen LogP) is 1.96. The van der Waals surface area contributed by atoms with Crippen molar-refractivity contribution in [1.29, 1.82) is 0 Å². The molecule has 0 aromatic heterocycles. The van der Waals surface area contributed by atoms with E-state index < -0.39 is 45.1 Å². The van der Waals surface area contributed by atoms with Crippen LogP contribution in [0.3, 0.4) is 0 Å². The Morgan fingerprint density at radius 1 is 1.05 bits per heavy atom. The second kappa shape index (κ2) is 9.68. The van der Waals surface area contributed by atoms with Crippen molar-refractivity contribution in [3.8, 4) is 0 Å². The molecule has 0 saturated heterocycles. The molecular formula is C9H18F6NO5P. The van der Waals surface area contributed by atoms with Crippen LogP contribution in [0, 0.1) is 0 Å². The van der Waals surface area contributed by atoms with Gasteiger partial charge in [0.25, 0.3) is 0 Å². The molecule has 0 radical (unpaired) electrons. The molecule has 0 aliphatic carbocycles. The predicted molar refractivity (Wildman–Crippen MR) is 63.9 cm³/mol. The minimum atomic E-state index is -4.64. The van der Waals surface area contributed by atoms with Crippen LogP contribution < -0.4 is 5.32 Å². The summed E-state index contributed by atoms with van der Waals surface area (Å²) in [5, 5.41) is 2.27. The van der Waals surface area contributed by atoms with Gasteiger partial charge in [-0.1, -0.05) is 0 Å². The van der Waals surface area contributed by atoms with Crippen molar-refractivity contribution in [2.75, 3.05) is 13.7 Å². The van der Waals surface area contributed by atoms with Gasteiger partial charge in [-0.2, -0.15) is 26.3 Å². The standard InChI is InChI=1S/C9H15F6NO.H3O4P/c1-6(5-17-2)16-7(3-8(10,11)12)4-9(13,14)15;1-5(2,3)4/h6-7,16H,3-5H2,1-2H3;(H3,1,2,3,4). The van der Waals surface area contributed by atoms with Crippen molar-refractivity contribution in [3.05, 3.63) is 0 Å². The third kappa shape index (κ3) is 24.6. The molecule has 136 valence electrons. The molecule has 0 bridgehead atoms. The van der Waals surface area contributed by atoms with Crippen molar-refractivity contribution >= 4 is 7.82 Å². The summed E-state index contributed by atoms with van der Waals surface area (Å²) in [5.41, 5.74) is 0. The monoisotopic (exact) mass is 365 g/mol. The number of nitrogens with one attached hydrogen (secondary N) is 1. The molecule has 6 nitrogen and oxygen atoms in total. The van der Waals surface area contributed by atoms with Crippen molar-refractivity contribution < 1.29 is 50.3 Å². The van der Waals surface area contributed by atoms with Gasteiger partial charge in [0, 0.05) is 19.2 Å². The van der Waals surface area contributed by atoms with Crippen molar-refractivity contribution in [3.63, 3.8) is 0 Å². The highest BCUT2D eigenvalue weighted by molar-refractivity contribution is 7.45. The highest BCUT2D eigenvalue weighted by Gasteiger charge is 2.39. The second-order valence-corrected chi connectivity index (χ2v) is 5.40. The first-order valence-corrected chi connectivity index (χ1v) is 7.27. The average Bonchev–Trinajstić information content (AvgIpc) is 2.07. The molecule has 0 rings (SSSR count). The molecule has 0 spiro atoms. The van der Waals surface area contributed by atoms with Crippen molar-refractivity contribution in [1.82, 2.24) is 5.32 Å². The molecule has 0 aromatic carbocycles. The van der Waals surface area contributed by atoms with E-state index in [-0.39, 0.29) is 6.61 Å². The fourth-order valence-electron chi connectivity index (χ4n) is 1.45. The Labute approximate surface area is 122 Å². The van der Waals surface area contributed by atoms with Crippen LogP contribution >= 0.6 is 7.82 Å². The van der Waals surface area contributed by atoms with Crippen LogP contribution in [0.2, 0.25) is 0 Å². The summed E-state index contributed by atoms with van der Waals surface area (Å²) in [6.07, 6.45) is -12.3. The molecule has 1 atom stereocenters. The molecule has 13 heteroatoms. The molecule has 0 aliphatic rings. The van der Waals surface area contributed by atoms with Crippen LogP contribution in [0.4, 0.5) is 26.3 Å². The molecule has 0 fully saturated rings. The SMILES string of the molecule is COCC(C)NC(CC(F)(F)F)CC(F)(F)F.O=P(O)(O)O. The highest BCUT2D eigenvalue weighted by atomic mass is 31.2. The van der Waals surface area contributed by atoms with Crippen LogP contribution in [0.25, 0.3) is 0 Å². The van der Waals surface area contributed by atoms with E-state index in [1.807, 2.05) is 0 Å². The van der Waals surface area contributed by atoms with Gasteiger partial charge in [0.05, 0.1) is 19.4 Å². The van der Waals surface area contributed by atoms with E-state index in [0.717, 1.165) is 0 Å². The Hall–Kier alpha value is -0.390. The summed E-state index contributed by atoms with van der Waals surface area (Å²) in [6, 6.07) is -2.25. The van der Waals surface area contributed by atoms with Crippen molar-refractivity contribution in [2.24, 2.45) is 0 Å². The number of ether oxygens (including phenoxy) is 1. The number of alkyl halides is 6. The Kier molecular flexibility index (Phi) is 10.5. The number of hydrogen-bond acceptors (Lipinski definition) is 3. The van der Waals surface area contributed by atoms with Gasteiger partial charge in [-0.15, -0.1) is 0 Å². The summed E-state index contributed by atoms with van der Waals surface area (Å²) in [6.45, 7) is 1.51. The topological polar surface area (TPSA) is 99.0 Å². The molecule has 0 amide bonds. The smallest absolute Gasteiger partial charge is 0.383 e. The minimum Gasteiger partial charge on any atom is -0.383 e. The Balaban J connectivity index is 0. The minimum absolute atomic E-state index is 0.0478. The lowest BCUT2D eigenvalue weighted by atomic mass is 10.1. The maximum absolute atomic E-state index is 12.1. The van der Waals surface area contributed by atoms with E-state index in [0.29, 0.717) is 0 Å². The number of rotatable bonds is 6. The maximum Gasteiger partial charge on any atom is 0.466 e. The third-order valence-corrected chi connectivity index (χ3v) is 1.89. The number of methoxy groups -OCH3 is 1. The molecular weight excluding hydrogens is 347 g/mol. The van der Waals surface area contributed by atoms with Gasteiger partial charge in [0.15, 0.2) is 0 Å². The van der Waals surface area contributed by atoms with Crippen LogP contribution in [-0.4, -0.2) is 52.8 Å². The second-order valence-electron chi connectivity index (χ2n) is 4.37. The lowest BCUT2D eigenvalue weighted by Crippen LogP contribution is -2.43. The van der Waals surface area contributed by atoms with Gasteiger partial charge in [-0.25, -0.2) is 4.57 Å². The van der Waals surface area contributed by atoms with Crippen LogP contribution in [0.5, 0.6) is 0 Å². The quantitative estimate of drug-likeness (QED) is 0.424. The molecule has 4 N–H and O–H groups in total.